The van der Waals surface area contributed by atoms with Crippen LogP contribution in [0, 0.1) is 5.92 Å². The van der Waals surface area contributed by atoms with Gasteiger partial charge in [0.05, 0.1) is 0 Å². The molecule has 0 aliphatic heterocycles. The molecule has 0 amide bonds. The molecule has 0 aromatic carbocycles. The molecule has 208 valence electrons. The van der Waals surface area contributed by atoms with E-state index in [0.717, 1.165) is 0 Å². The average Bonchev–Trinajstić information content (AvgIpc) is 2.64. The number of carboxylic acids is 1. The average molecular weight is 562 g/mol. The molecule has 2 N–H and O–H groups in total. The van der Waals surface area contributed by atoms with Crippen molar-refractivity contribution in [1.29, 1.82) is 0 Å². The molecular formula is C15H11F17O3. The number of aliphatic hydroxyl groups is 1. The Morgan fingerprint density at radius 2 is 0.971 bits per heavy atom. The summed E-state index contributed by atoms with van der Waals surface area (Å²) in [6.07, 6.45) is -10.8. The molecule has 1 unspecified atom stereocenters. The van der Waals surface area contributed by atoms with Gasteiger partial charge < -0.3 is 10.2 Å². The van der Waals surface area contributed by atoms with Crippen LogP contribution in [0.5, 0.6) is 0 Å². The first kappa shape index (κ1) is 33.0. The van der Waals surface area contributed by atoms with Gasteiger partial charge in [-0.25, -0.2) is 4.79 Å². The summed E-state index contributed by atoms with van der Waals surface area (Å²) in [5.74, 6) is -61.8. The molecular weight excluding hydrogens is 551 g/mol. The monoisotopic (exact) mass is 562 g/mol. The number of hydrogen-bond donors (Lipinski definition) is 2. The number of rotatable bonds is 11. The molecule has 0 saturated carbocycles. The fourth-order valence-electron chi connectivity index (χ4n) is 2.25. The van der Waals surface area contributed by atoms with Crippen molar-refractivity contribution in [2.45, 2.75) is 61.0 Å². The maximum absolute atomic E-state index is 13.8. The Balaban J connectivity index is 6.68. The summed E-state index contributed by atoms with van der Waals surface area (Å²) in [7, 11) is 0. The Kier molecular flexibility index (Phi) is 8.60. The summed E-state index contributed by atoms with van der Waals surface area (Å²) in [5.41, 5.74) is -1.03. The highest BCUT2D eigenvalue weighted by atomic mass is 19.4. The maximum Gasteiger partial charge on any atom is 0.460 e. The Hall–Kier alpha value is -2.02. The van der Waals surface area contributed by atoms with E-state index in [0.29, 0.717) is 6.92 Å². The van der Waals surface area contributed by atoms with E-state index in [9.17, 15) is 79.4 Å². The number of aliphatic carboxylic acids is 1. The summed E-state index contributed by atoms with van der Waals surface area (Å²) in [6, 6.07) is 0. The lowest BCUT2D eigenvalue weighted by Gasteiger charge is -2.43. The maximum atomic E-state index is 13.8. The van der Waals surface area contributed by atoms with Gasteiger partial charge in [-0.1, -0.05) is 6.08 Å². The van der Waals surface area contributed by atoms with Crippen molar-refractivity contribution in [2.24, 2.45) is 5.92 Å². The Labute approximate surface area is 182 Å². The largest absolute Gasteiger partial charge is 0.478 e. The summed E-state index contributed by atoms with van der Waals surface area (Å²) < 4.78 is 224. The van der Waals surface area contributed by atoms with Gasteiger partial charge in [0.2, 0.25) is 0 Å². The van der Waals surface area contributed by atoms with Crippen LogP contribution in [0.2, 0.25) is 0 Å². The summed E-state index contributed by atoms with van der Waals surface area (Å²) >= 11 is 0. The molecule has 0 radical (unpaired) electrons. The highest BCUT2D eigenvalue weighted by molar-refractivity contribution is 5.85. The van der Waals surface area contributed by atoms with Gasteiger partial charge in [0.25, 0.3) is 0 Å². The van der Waals surface area contributed by atoms with E-state index in [1.165, 1.54) is 0 Å². The number of carbonyl (C=O) groups is 1. The van der Waals surface area contributed by atoms with Crippen molar-refractivity contribution in [2.75, 3.05) is 6.61 Å². The second-order valence-electron chi connectivity index (χ2n) is 6.95. The number of hydrogen-bond acceptors (Lipinski definition) is 2. The molecule has 0 heterocycles. The van der Waals surface area contributed by atoms with E-state index >= 15 is 0 Å². The molecule has 35 heavy (non-hydrogen) atoms. The van der Waals surface area contributed by atoms with E-state index in [4.69, 9.17) is 10.2 Å². The van der Waals surface area contributed by atoms with Gasteiger partial charge in [0.15, 0.2) is 0 Å². The van der Waals surface area contributed by atoms with Crippen LogP contribution in [0.15, 0.2) is 11.6 Å². The molecule has 0 aliphatic carbocycles. The van der Waals surface area contributed by atoms with Crippen LogP contribution in [0.4, 0.5) is 74.6 Å². The van der Waals surface area contributed by atoms with Gasteiger partial charge in [-0.3, -0.25) is 0 Å². The molecule has 0 saturated heterocycles. The number of carboxylic acid groups (broad SMARTS) is 1. The second-order valence-corrected chi connectivity index (χ2v) is 6.95. The Morgan fingerprint density at radius 1 is 0.657 bits per heavy atom. The van der Waals surface area contributed by atoms with Gasteiger partial charge in [-0.05, 0) is 6.92 Å². The van der Waals surface area contributed by atoms with Crippen molar-refractivity contribution < 1.29 is 89.6 Å². The minimum absolute atomic E-state index is 0.00471. The lowest BCUT2D eigenvalue weighted by atomic mass is 9.86. The minimum Gasteiger partial charge on any atom is -0.478 e. The third-order valence-electron chi connectivity index (χ3n) is 4.36. The van der Waals surface area contributed by atoms with Crippen LogP contribution in [0.25, 0.3) is 0 Å². The lowest BCUT2D eigenvalue weighted by molar-refractivity contribution is -0.462. The first-order valence-electron chi connectivity index (χ1n) is 8.25. The van der Waals surface area contributed by atoms with Gasteiger partial charge >= 0.3 is 53.6 Å². The van der Waals surface area contributed by atoms with Crippen molar-refractivity contribution >= 4 is 5.97 Å². The van der Waals surface area contributed by atoms with E-state index in [2.05, 4.69) is 0 Å². The minimum atomic E-state index is -8.72. The zero-order valence-electron chi connectivity index (χ0n) is 16.3. The third-order valence-corrected chi connectivity index (χ3v) is 4.36. The highest BCUT2D eigenvalue weighted by Crippen LogP contribution is 2.64. The van der Waals surface area contributed by atoms with Crippen molar-refractivity contribution in [1.82, 2.24) is 0 Å². The molecule has 3 nitrogen and oxygen atoms in total. The quantitative estimate of drug-likeness (QED) is 0.239. The van der Waals surface area contributed by atoms with Crippen LogP contribution in [-0.4, -0.2) is 70.4 Å². The van der Waals surface area contributed by atoms with Crippen LogP contribution in [-0.2, 0) is 4.79 Å². The van der Waals surface area contributed by atoms with Crippen molar-refractivity contribution in [3.05, 3.63) is 11.6 Å². The molecule has 0 aromatic rings. The first-order chi connectivity index (χ1) is 15.0. The third kappa shape index (κ3) is 4.98. The predicted molar refractivity (Wildman–Crippen MR) is 77.3 cm³/mol. The molecule has 0 bridgehead atoms. The molecule has 1 atom stereocenters. The van der Waals surface area contributed by atoms with E-state index < -0.39 is 78.1 Å². The topological polar surface area (TPSA) is 57.5 Å². The van der Waals surface area contributed by atoms with Gasteiger partial charge in [0.1, 0.15) is 0 Å². The summed E-state index contributed by atoms with van der Waals surface area (Å²) in [6.45, 7) is -1.22. The van der Waals surface area contributed by atoms with Gasteiger partial charge in [0, 0.05) is 24.5 Å². The predicted octanol–water partition coefficient (Wildman–Crippen LogP) is 6.03. The van der Waals surface area contributed by atoms with Crippen LogP contribution in [0.3, 0.4) is 0 Å². The molecule has 0 fully saturated rings. The summed E-state index contributed by atoms with van der Waals surface area (Å²) in [5, 5.41) is 17.3. The number of aliphatic hydroxyl groups excluding tert-OH is 1. The molecule has 20 heteroatoms. The van der Waals surface area contributed by atoms with Crippen LogP contribution in [0.1, 0.15) is 13.3 Å². The van der Waals surface area contributed by atoms with E-state index in [1.54, 1.807) is 0 Å². The number of halogens is 17. The second kappa shape index (κ2) is 9.13. The first-order valence-corrected chi connectivity index (χ1v) is 8.25. The molecule has 0 aromatic heterocycles. The lowest BCUT2D eigenvalue weighted by Crippen LogP contribution is -2.74. The molecule has 0 rings (SSSR count). The van der Waals surface area contributed by atoms with E-state index in [1.807, 2.05) is 0 Å². The van der Waals surface area contributed by atoms with Gasteiger partial charge in [-0.2, -0.15) is 74.6 Å². The van der Waals surface area contributed by atoms with Crippen molar-refractivity contribution in [3.8, 4) is 0 Å². The van der Waals surface area contributed by atoms with Gasteiger partial charge in [-0.15, -0.1) is 0 Å². The SMILES string of the molecule is CC(=CC(CO)CC(F)(F)C(F)(F)C(F)(F)C(F)(F)C(F)(F)C(F)(F)C(F)(F)C(F)(F)F)C(=O)O. The zero-order chi connectivity index (χ0) is 28.9. The van der Waals surface area contributed by atoms with Crippen molar-refractivity contribution in [3.63, 3.8) is 0 Å². The standard InChI is InChI=1S/C15H11F17O3/c1-5(7(34)35)2-6(4-33)3-8(16,17)9(18,19)10(20,21)11(22,23)12(24,25)13(26,27)14(28,29)15(30,31)32/h2,6,33H,3-4H2,1H3,(H,34,35). The number of alkyl halides is 17. The highest BCUT2D eigenvalue weighted by Gasteiger charge is 2.95. The van der Waals surface area contributed by atoms with Crippen LogP contribution >= 0.6 is 0 Å². The fraction of sp³-hybridized carbons (Fsp3) is 0.800. The zero-order valence-corrected chi connectivity index (χ0v) is 16.3. The van der Waals surface area contributed by atoms with E-state index in [-0.39, 0.29) is 6.08 Å². The van der Waals surface area contributed by atoms with Crippen LogP contribution < -0.4 is 0 Å². The molecule has 0 spiro atoms. The molecule has 0 aliphatic rings. The Bertz CT molecular complexity index is 812. The normalized spacial score (nSPS) is 16.9. The Morgan fingerprint density at radius 3 is 1.26 bits per heavy atom. The fourth-order valence-corrected chi connectivity index (χ4v) is 2.25. The smallest absolute Gasteiger partial charge is 0.460 e. The summed E-state index contributed by atoms with van der Waals surface area (Å²) in [4.78, 5) is 10.6.